The molecule has 0 aliphatic heterocycles. The van der Waals surface area contributed by atoms with Crippen LogP contribution in [0.1, 0.15) is 12.5 Å². The molecule has 1 aromatic rings. The van der Waals surface area contributed by atoms with Crippen LogP contribution in [0.25, 0.3) is 0 Å². The zero-order valence-electron chi connectivity index (χ0n) is 8.74. The summed E-state index contributed by atoms with van der Waals surface area (Å²) in [6, 6.07) is 3.88. The zero-order valence-corrected chi connectivity index (χ0v) is 8.74. The Labute approximate surface area is 83.9 Å². The van der Waals surface area contributed by atoms with Gasteiger partial charge in [-0.15, -0.1) is 0 Å². The van der Waals surface area contributed by atoms with E-state index in [9.17, 15) is 4.79 Å². The molecule has 4 nitrogen and oxygen atoms in total. The monoisotopic (exact) mass is 193 g/mol. The molecule has 0 aromatic carbocycles. The van der Waals surface area contributed by atoms with E-state index in [1.54, 1.807) is 6.20 Å². The maximum atomic E-state index is 10.7. The van der Waals surface area contributed by atoms with Crippen molar-refractivity contribution in [3.63, 3.8) is 0 Å². The number of carbonyl (C=O) groups excluding carboxylic acids is 1. The fraction of sp³-hybridized carbons (Fsp3) is 0.400. The second-order valence-electron chi connectivity index (χ2n) is 3.33. The minimum absolute atomic E-state index is 0.0262. The summed E-state index contributed by atoms with van der Waals surface area (Å²) in [5.41, 5.74) is 1.01. The highest BCUT2D eigenvalue weighted by Crippen LogP contribution is 2.07. The van der Waals surface area contributed by atoms with Crippen LogP contribution < -0.4 is 10.2 Å². The van der Waals surface area contributed by atoms with Gasteiger partial charge in [0.25, 0.3) is 0 Å². The number of anilines is 1. The summed E-state index contributed by atoms with van der Waals surface area (Å²) in [7, 11) is 3.88. The van der Waals surface area contributed by atoms with Gasteiger partial charge in [0.2, 0.25) is 5.91 Å². The molecule has 0 saturated carbocycles. The zero-order chi connectivity index (χ0) is 10.6. The first-order valence-corrected chi connectivity index (χ1v) is 4.46. The van der Waals surface area contributed by atoms with Crippen LogP contribution in [0.5, 0.6) is 0 Å². The highest BCUT2D eigenvalue weighted by molar-refractivity contribution is 5.72. The molecule has 1 amide bonds. The summed E-state index contributed by atoms with van der Waals surface area (Å²) >= 11 is 0. The Balaban J connectivity index is 2.59. The molecule has 76 valence electrons. The van der Waals surface area contributed by atoms with Gasteiger partial charge >= 0.3 is 0 Å². The number of pyridine rings is 1. The highest BCUT2D eigenvalue weighted by Gasteiger charge is 1.98. The number of rotatable bonds is 3. The Bertz CT molecular complexity index is 306. The van der Waals surface area contributed by atoms with Crippen LogP contribution in [0, 0.1) is 0 Å². The van der Waals surface area contributed by atoms with E-state index in [1.807, 2.05) is 31.1 Å². The van der Waals surface area contributed by atoms with Gasteiger partial charge in [-0.1, -0.05) is 6.07 Å². The molecule has 0 aliphatic carbocycles. The largest absolute Gasteiger partial charge is 0.363 e. The average Bonchev–Trinajstić information content (AvgIpc) is 2.15. The summed E-state index contributed by atoms with van der Waals surface area (Å²) in [4.78, 5) is 16.8. The summed E-state index contributed by atoms with van der Waals surface area (Å²) in [5, 5.41) is 2.72. The minimum atomic E-state index is -0.0262. The van der Waals surface area contributed by atoms with Crippen molar-refractivity contribution >= 4 is 11.7 Å². The number of carbonyl (C=O) groups is 1. The number of hydrogen-bond acceptors (Lipinski definition) is 3. The molecule has 0 bridgehead atoms. The van der Waals surface area contributed by atoms with E-state index in [2.05, 4.69) is 10.3 Å². The summed E-state index contributed by atoms with van der Waals surface area (Å²) < 4.78 is 0. The molecule has 1 N–H and O–H groups in total. The molecule has 1 rings (SSSR count). The van der Waals surface area contributed by atoms with Gasteiger partial charge < -0.3 is 10.2 Å². The SMILES string of the molecule is CC(=O)NCc1ccc(N(C)C)nc1. The molecule has 14 heavy (non-hydrogen) atoms. The average molecular weight is 193 g/mol. The molecule has 0 radical (unpaired) electrons. The summed E-state index contributed by atoms with van der Waals surface area (Å²) in [6.07, 6.45) is 1.77. The van der Waals surface area contributed by atoms with Gasteiger partial charge in [-0.3, -0.25) is 4.79 Å². The van der Waals surface area contributed by atoms with Crippen molar-refractivity contribution in [3.8, 4) is 0 Å². The topological polar surface area (TPSA) is 45.2 Å². The van der Waals surface area contributed by atoms with E-state index in [0.29, 0.717) is 6.54 Å². The fourth-order valence-corrected chi connectivity index (χ4v) is 1.01. The second-order valence-corrected chi connectivity index (χ2v) is 3.33. The number of hydrogen-bond donors (Lipinski definition) is 1. The van der Waals surface area contributed by atoms with Crippen molar-refractivity contribution < 1.29 is 4.79 Å². The summed E-state index contributed by atoms with van der Waals surface area (Å²) in [6.45, 7) is 2.04. The fourth-order valence-electron chi connectivity index (χ4n) is 1.01. The van der Waals surface area contributed by atoms with Crippen LogP contribution in [0.4, 0.5) is 5.82 Å². The molecular formula is C10H15N3O. The van der Waals surface area contributed by atoms with E-state index in [1.165, 1.54) is 6.92 Å². The first-order chi connectivity index (χ1) is 6.59. The molecular weight excluding hydrogens is 178 g/mol. The lowest BCUT2D eigenvalue weighted by molar-refractivity contribution is -0.119. The highest BCUT2D eigenvalue weighted by atomic mass is 16.1. The maximum absolute atomic E-state index is 10.7. The van der Waals surface area contributed by atoms with Crippen molar-refractivity contribution in [2.45, 2.75) is 13.5 Å². The molecule has 0 aliphatic rings. The third-order valence-electron chi connectivity index (χ3n) is 1.81. The molecule has 1 heterocycles. The lowest BCUT2D eigenvalue weighted by Crippen LogP contribution is -2.19. The van der Waals surface area contributed by atoms with Gasteiger partial charge in [-0.2, -0.15) is 0 Å². The van der Waals surface area contributed by atoms with Crippen molar-refractivity contribution in [3.05, 3.63) is 23.9 Å². The Morgan fingerprint density at radius 2 is 2.21 bits per heavy atom. The normalized spacial score (nSPS) is 9.64. The molecule has 1 aromatic heterocycles. The molecule has 0 saturated heterocycles. The Morgan fingerprint density at radius 1 is 1.50 bits per heavy atom. The standard InChI is InChI=1S/C10H15N3O/c1-8(14)11-6-9-4-5-10(12-7-9)13(2)3/h4-5,7H,6H2,1-3H3,(H,11,14). The maximum Gasteiger partial charge on any atom is 0.217 e. The number of nitrogens with zero attached hydrogens (tertiary/aromatic N) is 2. The first-order valence-electron chi connectivity index (χ1n) is 4.46. The van der Waals surface area contributed by atoms with Gasteiger partial charge in [0, 0.05) is 33.8 Å². The quantitative estimate of drug-likeness (QED) is 0.771. The smallest absolute Gasteiger partial charge is 0.217 e. The van der Waals surface area contributed by atoms with Gasteiger partial charge in [0.05, 0.1) is 0 Å². The van der Waals surface area contributed by atoms with Crippen LogP contribution >= 0.6 is 0 Å². The predicted octanol–water partition coefficient (Wildman–Crippen LogP) is 0.784. The van der Waals surface area contributed by atoms with E-state index in [4.69, 9.17) is 0 Å². The second kappa shape index (κ2) is 4.60. The van der Waals surface area contributed by atoms with Crippen LogP contribution in [-0.4, -0.2) is 25.0 Å². The van der Waals surface area contributed by atoms with Crippen LogP contribution in [-0.2, 0) is 11.3 Å². The van der Waals surface area contributed by atoms with E-state index < -0.39 is 0 Å². The van der Waals surface area contributed by atoms with Gasteiger partial charge in [-0.25, -0.2) is 4.98 Å². The van der Waals surface area contributed by atoms with Crippen LogP contribution in [0.3, 0.4) is 0 Å². The Kier molecular flexibility index (Phi) is 3.45. The molecule has 0 atom stereocenters. The lowest BCUT2D eigenvalue weighted by atomic mass is 10.3. The van der Waals surface area contributed by atoms with Gasteiger partial charge in [-0.05, 0) is 11.6 Å². The van der Waals surface area contributed by atoms with Gasteiger partial charge in [0.15, 0.2) is 0 Å². The van der Waals surface area contributed by atoms with Gasteiger partial charge in [0.1, 0.15) is 5.82 Å². The van der Waals surface area contributed by atoms with E-state index >= 15 is 0 Å². The molecule has 0 fully saturated rings. The third-order valence-corrected chi connectivity index (χ3v) is 1.81. The van der Waals surface area contributed by atoms with Crippen molar-refractivity contribution in [1.29, 1.82) is 0 Å². The molecule has 0 spiro atoms. The predicted molar refractivity (Wildman–Crippen MR) is 56.1 cm³/mol. The van der Waals surface area contributed by atoms with Crippen molar-refractivity contribution in [1.82, 2.24) is 10.3 Å². The lowest BCUT2D eigenvalue weighted by Gasteiger charge is -2.11. The third kappa shape index (κ3) is 3.05. The molecule has 4 heteroatoms. The number of amides is 1. The number of nitrogens with one attached hydrogen (secondary N) is 1. The van der Waals surface area contributed by atoms with Crippen LogP contribution in [0.2, 0.25) is 0 Å². The molecule has 0 unspecified atom stereocenters. The van der Waals surface area contributed by atoms with Crippen LogP contribution in [0.15, 0.2) is 18.3 Å². The number of aromatic nitrogens is 1. The Morgan fingerprint density at radius 3 is 2.64 bits per heavy atom. The van der Waals surface area contributed by atoms with E-state index in [-0.39, 0.29) is 5.91 Å². The Hall–Kier alpha value is -1.58. The minimum Gasteiger partial charge on any atom is -0.363 e. The van der Waals surface area contributed by atoms with E-state index in [0.717, 1.165) is 11.4 Å². The first kappa shape index (κ1) is 10.5. The van der Waals surface area contributed by atoms with Crippen molar-refractivity contribution in [2.24, 2.45) is 0 Å². The summed E-state index contributed by atoms with van der Waals surface area (Å²) in [5.74, 6) is 0.887. The van der Waals surface area contributed by atoms with Crippen molar-refractivity contribution in [2.75, 3.05) is 19.0 Å².